The van der Waals surface area contributed by atoms with E-state index in [4.69, 9.17) is 11.6 Å². The first-order chi connectivity index (χ1) is 13.7. The minimum absolute atomic E-state index is 0.136. The Morgan fingerprint density at radius 2 is 1.57 bits per heavy atom. The number of hydrogen-bond donors (Lipinski definition) is 2. The summed E-state index contributed by atoms with van der Waals surface area (Å²) in [4.78, 5) is -0.874. The fourth-order valence-electron chi connectivity index (χ4n) is 2.42. The van der Waals surface area contributed by atoms with Crippen molar-refractivity contribution in [2.24, 2.45) is 0 Å². The monoisotopic (exact) mass is 485 g/mol. The van der Waals surface area contributed by atoms with E-state index in [1.807, 2.05) is 0 Å². The van der Waals surface area contributed by atoms with Gasteiger partial charge >= 0.3 is 6.18 Å². The van der Waals surface area contributed by atoms with Gasteiger partial charge in [-0.3, -0.25) is 4.72 Å². The van der Waals surface area contributed by atoms with Gasteiger partial charge in [-0.25, -0.2) is 21.1 Å². The summed E-state index contributed by atoms with van der Waals surface area (Å²) in [7, 11) is -5.75. The van der Waals surface area contributed by atoms with Gasteiger partial charge in [-0.1, -0.05) is 11.6 Å². The van der Waals surface area contributed by atoms with Gasteiger partial charge < -0.3 is 5.32 Å². The molecule has 0 aromatic heterocycles. The molecule has 13 heteroatoms. The van der Waals surface area contributed by atoms with Crippen LogP contribution in [0.25, 0.3) is 0 Å². The SMILES string of the molecule is CCNc1ccc(S(=O)(=O)N(C)C)cc1NS(=O)(=O)c1ccc(Cl)c(C(F)(F)F)c1. The van der Waals surface area contributed by atoms with E-state index in [-0.39, 0.29) is 16.3 Å². The Morgan fingerprint density at radius 3 is 2.10 bits per heavy atom. The molecule has 2 rings (SSSR count). The zero-order valence-corrected chi connectivity index (χ0v) is 18.5. The second-order valence-corrected chi connectivity index (χ2v) is 10.5. The van der Waals surface area contributed by atoms with E-state index in [0.717, 1.165) is 22.5 Å². The molecule has 0 amide bonds. The molecular weight excluding hydrogens is 467 g/mol. The zero-order chi connectivity index (χ0) is 22.9. The third kappa shape index (κ3) is 5.17. The van der Waals surface area contributed by atoms with Crippen LogP contribution in [0.1, 0.15) is 12.5 Å². The van der Waals surface area contributed by atoms with Crippen LogP contribution in [0.4, 0.5) is 24.5 Å². The lowest BCUT2D eigenvalue weighted by atomic mass is 10.2. The van der Waals surface area contributed by atoms with Gasteiger partial charge in [0.15, 0.2) is 0 Å². The maximum atomic E-state index is 13.1. The molecule has 7 nitrogen and oxygen atoms in total. The standard InChI is InChI=1S/C17H19ClF3N3O4S2/c1-4-22-15-8-6-12(30(27,28)24(2)3)10-16(15)23-29(25,26)11-5-7-14(18)13(9-11)17(19,20)21/h5-10,22-23H,4H2,1-3H3. The van der Waals surface area contributed by atoms with Crippen molar-refractivity contribution >= 4 is 43.0 Å². The summed E-state index contributed by atoms with van der Waals surface area (Å²) in [6, 6.07) is 5.91. The first kappa shape index (κ1) is 24.3. The number of nitrogens with one attached hydrogen (secondary N) is 2. The third-order valence-corrected chi connectivity index (χ3v) is 7.44. The lowest BCUT2D eigenvalue weighted by Crippen LogP contribution is -2.23. The van der Waals surface area contributed by atoms with Crippen LogP contribution in [0.3, 0.4) is 0 Å². The second kappa shape index (κ2) is 8.61. The topological polar surface area (TPSA) is 95.6 Å². The van der Waals surface area contributed by atoms with E-state index < -0.39 is 41.7 Å². The van der Waals surface area contributed by atoms with Crippen LogP contribution >= 0.6 is 11.6 Å². The van der Waals surface area contributed by atoms with Gasteiger partial charge in [0.05, 0.1) is 31.8 Å². The minimum atomic E-state index is -4.85. The number of halogens is 4. The molecule has 0 bridgehead atoms. The summed E-state index contributed by atoms with van der Waals surface area (Å²) in [5.41, 5.74) is -1.19. The molecule has 0 radical (unpaired) electrons. The number of hydrogen-bond acceptors (Lipinski definition) is 5. The van der Waals surface area contributed by atoms with Crippen LogP contribution in [-0.4, -0.2) is 41.8 Å². The predicted octanol–water partition coefficient (Wildman–Crippen LogP) is 3.84. The average molecular weight is 486 g/mol. The molecule has 0 spiro atoms. The summed E-state index contributed by atoms with van der Waals surface area (Å²) < 4.78 is 92.6. The molecule has 0 saturated heterocycles. The summed E-state index contributed by atoms with van der Waals surface area (Å²) in [6.07, 6.45) is -4.85. The lowest BCUT2D eigenvalue weighted by molar-refractivity contribution is -0.137. The van der Waals surface area contributed by atoms with Crippen LogP contribution in [0.15, 0.2) is 46.2 Å². The summed E-state index contributed by atoms with van der Waals surface area (Å²) in [5.74, 6) is 0. The Bertz CT molecular complexity index is 1150. The smallest absolute Gasteiger partial charge is 0.384 e. The van der Waals surface area contributed by atoms with Crippen LogP contribution in [-0.2, 0) is 26.2 Å². The Morgan fingerprint density at radius 1 is 0.967 bits per heavy atom. The quantitative estimate of drug-likeness (QED) is 0.621. The second-order valence-electron chi connectivity index (χ2n) is 6.27. The van der Waals surface area contributed by atoms with E-state index in [0.29, 0.717) is 12.6 Å². The molecule has 0 heterocycles. The fourth-order valence-corrected chi connectivity index (χ4v) is 4.67. The highest BCUT2D eigenvalue weighted by Crippen LogP contribution is 2.36. The molecular formula is C17H19ClF3N3O4S2. The highest BCUT2D eigenvalue weighted by molar-refractivity contribution is 7.92. The summed E-state index contributed by atoms with van der Waals surface area (Å²) in [6.45, 7) is 2.12. The summed E-state index contributed by atoms with van der Waals surface area (Å²) >= 11 is 5.54. The third-order valence-electron chi connectivity index (χ3n) is 3.93. The zero-order valence-electron chi connectivity index (χ0n) is 16.1. The number of anilines is 2. The van der Waals surface area contributed by atoms with E-state index in [1.165, 1.54) is 26.2 Å². The molecule has 0 aliphatic carbocycles. The lowest BCUT2D eigenvalue weighted by Gasteiger charge is -2.17. The molecule has 0 unspecified atom stereocenters. The van der Waals surface area contributed by atoms with E-state index in [9.17, 15) is 30.0 Å². The highest BCUT2D eigenvalue weighted by atomic mass is 35.5. The van der Waals surface area contributed by atoms with Crippen molar-refractivity contribution in [2.45, 2.75) is 22.9 Å². The molecule has 0 fully saturated rings. The van der Waals surface area contributed by atoms with Crippen LogP contribution < -0.4 is 10.0 Å². The molecule has 0 saturated carbocycles. The summed E-state index contributed by atoms with van der Waals surface area (Å²) in [5, 5.41) is 2.22. The van der Waals surface area contributed by atoms with Gasteiger partial charge in [-0.15, -0.1) is 0 Å². The van der Waals surface area contributed by atoms with Crippen molar-refractivity contribution in [2.75, 3.05) is 30.7 Å². The van der Waals surface area contributed by atoms with Gasteiger partial charge in [-0.2, -0.15) is 13.2 Å². The number of alkyl halides is 3. The Kier molecular flexibility index (Phi) is 6.96. The molecule has 0 atom stereocenters. The molecule has 166 valence electrons. The van der Waals surface area contributed by atoms with E-state index in [2.05, 4.69) is 10.0 Å². The maximum absolute atomic E-state index is 13.1. The minimum Gasteiger partial charge on any atom is -0.384 e. The molecule has 2 aromatic carbocycles. The number of nitrogens with zero attached hydrogens (tertiary/aromatic N) is 1. The Balaban J connectivity index is 2.57. The van der Waals surface area contributed by atoms with Crippen molar-refractivity contribution in [3.63, 3.8) is 0 Å². The maximum Gasteiger partial charge on any atom is 0.417 e. The first-order valence-corrected chi connectivity index (χ1v) is 11.7. The van der Waals surface area contributed by atoms with Gasteiger partial charge in [0.25, 0.3) is 10.0 Å². The van der Waals surface area contributed by atoms with Gasteiger partial charge in [0.2, 0.25) is 10.0 Å². The Labute approximate surface area is 177 Å². The van der Waals surface area contributed by atoms with Gasteiger partial charge in [0, 0.05) is 20.6 Å². The van der Waals surface area contributed by atoms with Crippen molar-refractivity contribution in [3.05, 3.63) is 47.0 Å². The predicted molar refractivity (Wildman–Crippen MR) is 109 cm³/mol. The van der Waals surface area contributed by atoms with Crippen LogP contribution in [0.5, 0.6) is 0 Å². The van der Waals surface area contributed by atoms with Crippen molar-refractivity contribution in [1.82, 2.24) is 4.31 Å². The first-order valence-electron chi connectivity index (χ1n) is 8.40. The van der Waals surface area contributed by atoms with Crippen molar-refractivity contribution in [1.29, 1.82) is 0 Å². The van der Waals surface area contributed by atoms with Gasteiger partial charge in [-0.05, 0) is 43.3 Å². The molecule has 2 N–H and O–H groups in total. The number of sulfonamides is 2. The molecule has 30 heavy (non-hydrogen) atoms. The molecule has 0 aliphatic rings. The van der Waals surface area contributed by atoms with Crippen molar-refractivity contribution in [3.8, 4) is 0 Å². The Hall–Kier alpha value is -2.02. The molecule has 2 aromatic rings. The largest absolute Gasteiger partial charge is 0.417 e. The number of benzene rings is 2. The van der Waals surface area contributed by atoms with Gasteiger partial charge in [0.1, 0.15) is 0 Å². The molecule has 0 aliphatic heterocycles. The highest BCUT2D eigenvalue weighted by Gasteiger charge is 2.34. The van der Waals surface area contributed by atoms with E-state index >= 15 is 0 Å². The van der Waals surface area contributed by atoms with Crippen molar-refractivity contribution < 1.29 is 30.0 Å². The average Bonchev–Trinajstić information content (AvgIpc) is 2.62. The normalized spacial score (nSPS) is 12.8. The fraction of sp³-hybridized carbons (Fsp3) is 0.294. The van der Waals surface area contributed by atoms with E-state index in [1.54, 1.807) is 6.92 Å². The number of rotatable bonds is 7. The van der Waals surface area contributed by atoms with Crippen LogP contribution in [0, 0.1) is 0 Å². The van der Waals surface area contributed by atoms with Crippen LogP contribution in [0.2, 0.25) is 5.02 Å².